The monoisotopic (exact) mass is 411 g/mol. The zero-order valence-electron chi connectivity index (χ0n) is 13.1. The van der Waals surface area contributed by atoms with Gasteiger partial charge >= 0.3 is 0 Å². The van der Waals surface area contributed by atoms with Gasteiger partial charge in [-0.05, 0) is 40.6 Å². The molecule has 0 spiro atoms. The number of allylic oxidation sites excluding steroid dienone is 1. The van der Waals surface area contributed by atoms with E-state index in [1.165, 1.54) is 18.8 Å². The van der Waals surface area contributed by atoms with Gasteiger partial charge in [-0.15, -0.1) is 45.3 Å². The van der Waals surface area contributed by atoms with Crippen molar-refractivity contribution >= 4 is 87.1 Å². The van der Waals surface area contributed by atoms with E-state index in [-0.39, 0.29) is 11.7 Å². The lowest BCUT2D eigenvalue weighted by atomic mass is 10.1. The number of ketones is 1. The smallest absolute Gasteiger partial charge is 0.256 e. The molecule has 7 heteroatoms. The number of Topliss-reactive ketones (excluding diaryl/α,β-unsaturated/α-hetero) is 1. The number of hydrogen-bond acceptors (Lipinski definition) is 6. The van der Waals surface area contributed by atoms with Crippen molar-refractivity contribution in [3.63, 3.8) is 0 Å². The summed E-state index contributed by atoms with van der Waals surface area (Å²) in [5.41, 5.74) is 2.73. The first kappa shape index (κ1) is 15.0. The summed E-state index contributed by atoms with van der Waals surface area (Å²) in [4.78, 5) is 27.5. The number of fused-ring (bicyclic) bond motifs is 3. The van der Waals surface area contributed by atoms with E-state index in [1.807, 2.05) is 0 Å². The van der Waals surface area contributed by atoms with Crippen LogP contribution in [0.5, 0.6) is 0 Å². The van der Waals surface area contributed by atoms with Gasteiger partial charge in [0.1, 0.15) is 0 Å². The molecule has 4 aromatic heterocycles. The van der Waals surface area contributed by atoms with E-state index in [2.05, 4.69) is 40.3 Å². The van der Waals surface area contributed by atoms with Crippen LogP contribution in [0, 0.1) is 0 Å². The highest BCUT2D eigenvalue weighted by Gasteiger charge is 2.41. The second-order valence-electron chi connectivity index (χ2n) is 6.18. The highest BCUT2D eigenvalue weighted by molar-refractivity contribution is 7.28. The Morgan fingerprint density at radius 1 is 0.808 bits per heavy atom. The molecule has 26 heavy (non-hydrogen) atoms. The fourth-order valence-electron chi connectivity index (χ4n) is 3.58. The lowest BCUT2D eigenvalue weighted by Crippen LogP contribution is -2.16. The number of amides is 1. The summed E-state index contributed by atoms with van der Waals surface area (Å²) in [6, 6.07) is 8.34. The number of carbonyl (C=O) groups is 2. The Bertz CT molecular complexity index is 1160. The van der Waals surface area contributed by atoms with Gasteiger partial charge in [-0.25, -0.2) is 0 Å². The number of hydrogen-bond donors (Lipinski definition) is 1. The summed E-state index contributed by atoms with van der Waals surface area (Å²) in [5, 5.41) is 7.09. The van der Waals surface area contributed by atoms with Crippen LogP contribution in [0.1, 0.15) is 16.2 Å². The average molecular weight is 412 g/mol. The van der Waals surface area contributed by atoms with Crippen molar-refractivity contribution in [2.24, 2.45) is 0 Å². The van der Waals surface area contributed by atoms with Crippen molar-refractivity contribution < 1.29 is 9.59 Å². The maximum Gasteiger partial charge on any atom is 0.256 e. The molecule has 1 aliphatic carbocycles. The minimum atomic E-state index is -0.149. The molecule has 0 bridgehead atoms. The van der Waals surface area contributed by atoms with Crippen LogP contribution in [0.15, 0.2) is 46.2 Å². The second kappa shape index (κ2) is 5.23. The Kier molecular flexibility index (Phi) is 3.03. The van der Waals surface area contributed by atoms with Gasteiger partial charge in [0.2, 0.25) is 0 Å². The molecular formula is C19H9NO2S4. The Morgan fingerprint density at radius 2 is 1.46 bits per heavy atom. The maximum absolute atomic E-state index is 12.8. The first-order valence-corrected chi connectivity index (χ1v) is 11.4. The Hall–Kier alpha value is -2.06. The lowest BCUT2D eigenvalue weighted by Gasteiger charge is -2.02. The van der Waals surface area contributed by atoms with Crippen LogP contribution in [-0.4, -0.2) is 11.7 Å². The Morgan fingerprint density at radius 3 is 2.15 bits per heavy atom. The minimum Gasteiger partial charge on any atom is -0.320 e. The van der Waals surface area contributed by atoms with Gasteiger partial charge in [-0.3, -0.25) is 9.59 Å². The van der Waals surface area contributed by atoms with Crippen LogP contribution < -0.4 is 5.32 Å². The minimum absolute atomic E-state index is 0.0388. The number of carbonyl (C=O) groups excluding carboxylic acids is 2. The molecule has 126 valence electrons. The summed E-state index contributed by atoms with van der Waals surface area (Å²) in [5.74, 6) is -0.110. The van der Waals surface area contributed by atoms with Crippen molar-refractivity contribution in [3.05, 3.63) is 55.9 Å². The largest absolute Gasteiger partial charge is 0.320 e. The molecule has 3 nitrogen and oxygen atoms in total. The van der Waals surface area contributed by atoms with Crippen LogP contribution in [0.2, 0.25) is 0 Å². The standard InChI is InChI=1S/C19H9NO2S4/c21-9-5-8(12-6-13-10(25-12)1-3-23-13)16-17(9)18(20-19(16)22)15-7-14-11(26-15)2-4-24-14/h1-4,6-7H,5H2,(H,20,22). The quantitative estimate of drug-likeness (QED) is 0.473. The zero-order chi connectivity index (χ0) is 17.4. The first-order chi connectivity index (χ1) is 12.7. The molecule has 2 aliphatic rings. The van der Waals surface area contributed by atoms with Crippen molar-refractivity contribution in [1.82, 2.24) is 5.32 Å². The van der Waals surface area contributed by atoms with E-state index in [0.717, 1.165) is 15.3 Å². The third-order valence-electron chi connectivity index (χ3n) is 4.71. The molecule has 1 N–H and O–H groups in total. The molecule has 1 aliphatic heterocycles. The maximum atomic E-state index is 12.8. The van der Waals surface area contributed by atoms with Crippen LogP contribution in [0.3, 0.4) is 0 Å². The second-order valence-corrected chi connectivity index (χ2v) is 10.2. The first-order valence-electron chi connectivity index (χ1n) is 7.96. The summed E-state index contributed by atoms with van der Waals surface area (Å²) in [6.07, 6.45) is 0.315. The van der Waals surface area contributed by atoms with E-state index < -0.39 is 0 Å². The third-order valence-corrected chi connectivity index (χ3v) is 8.97. The number of thiophene rings is 4. The van der Waals surface area contributed by atoms with E-state index in [9.17, 15) is 9.59 Å². The van der Waals surface area contributed by atoms with Crippen LogP contribution >= 0.6 is 45.3 Å². The molecular weight excluding hydrogens is 402 g/mol. The SMILES string of the molecule is O=C1CC(c2cc3sccc3s2)=C2C(=O)NC(c3cc4sccc4s3)=C12. The van der Waals surface area contributed by atoms with Crippen molar-refractivity contribution in [1.29, 1.82) is 0 Å². The molecule has 0 fully saturated rings. The highest BCUT2D eigenvalue weighted by atomic mass is 32.1. The fraction of sp³-hybridized carbons (Fsp3) is 0.0526. The molecule has 0 saturated heterocycles. The molecule has 4 aromatic rings. The van der Waals surface area contributed by atoms with Gasteiger partial charge < -0.3 is 5.32 Å². The summed E-state index contributed by atoms with van der Waals surface area (Å²) in [6.45, 7) is 0. The number of nitrogens with one attached hydrogen (secondary N) is 1. The van der Waals surface area contributed by atoms with Gasteiger partial charge in [0.05, 0.1) is 21.7 Å². The van der Waals surface area contributed by atoms with E-state index in [4.69, 9.17) is 0 Å². The van der Waals surface area contributed by atoms with E-state index in [0.29, 0.717) is 23.3 Å². The molecule has 6 rings (SSSR count). The van der Waals surface area contributed by atoms with Gasteiger partial charge in [-0.1, -0.05) is 0 Å². The van der Waals surface area contributed by atoms with Gasteiger partial charge in [0.15, 0.2) is 5.78 Å². The Balaban J connectivity index is 1.56. The molecule has 0 unspecified atom stereocenters. The fourth-order valence-corrected chi connectivity index (χ4v) is 7.85. The number of rotatable bonds is 2. The molecule has 0 aromatic carbocycles. The van der Waals surface area contributed by atoms with E-state index >= 15 is 0 Å². The van der Waals surface area contributed by atoms with Crippen molar-refractivity contribution in [2.45, 2.75) is 6.42 Å². The predicted molar refractivity (Wildman–Crippen MR) is 111 cm³/mol. The predicted octanol–water partition coefficient (Wildman–Crippen LogP) is 5.51. The normalized spacial score (nSPS) is 17.2. The van der Waals surface area contributed by atoms with Crippen molar-refractivity contribution in [3.8, 4) is 0 Å². The zero-order valence-corrected chi connectivity index (χ0v) is 16.4. The molecule has 0 atom stereocenters. The Labute approximate surface area is 163 Å². The third kappa shape index (κ3) is 1.97. The summed E-state index contributed by atoms with van der Waals surface area (Å²) >= 11 is 6.65. The summed E-state index contributed by atoms with van der Waals surface area (Å²) < 4.78 is 4.79. The van der Waals surface area contributed by atoms with Crippen molar-refractivity contribution in [2.75, 3.05) is 0 Å². The van der Waals surface area contributed by atoms with E-state index in [1.54, 1.807) is 45.3 Å². The highest BCUT2D eigenvalue weighted by Crippen LogP contribution is 2.47. The van der Waals surface area contributed by atoms with Gasteiger partial charge in [0, 0.05) is 30.1 Å². The molecule has 0 radical (unpaired) electrons. The molecule has 5 heterocycles. The average Bonchev–Trinajstić information content (AvgIpc) is 3.35. The van der Waals surface area contributed by atoms with Crippen LogP contribution in [-0.2, 0) is 9.59 Å². The molecule has 0 saturated carbocycles. The van der Waals surface area contributed by atoms with Gasteiger partial charge in [-0.2, -0.15) is 0 Å². The topological polar surface area (TPSA) is 46.2 Å². The van der Waals surface area contributed by atoms with Gasteiger partial charge in [0.25, 0.3) is 5.91 Å². The summed E-state index contributed by atoms with van der Waals surface area (Å²) in [7, 11) is 0. The van der Waals surface area contributed by atoms with Crippen LogP contribution in [0.4, 0.5) is 0 Å². The lowest BCUT2D eigenvalue weighted by molar-refractivity contribution is -0.116. The molecule has 1 amide bonds. The van der Waals surface area contributed by atoms with Crippen LogP contribution in [0.25, 0.3) is 30.1 Å².